The van der Waals surface area contributed by atoms with Crippen LogP contribution >= 0.6 is 0 Å². The molecule has 0 spiro atoms. The Morgan fingerprint density at radius 1 is 1.03 bits per heavy atom. The van der Waals surface area contributed by atoms with Crippen LogP contribution in [0.4, 0.5) is 0 Å². The molecule has 0 fully saturated rings. The van der Waals surface area contributed by atoms with Gasteiger partial charge in [-0.2, -0.15) is 0 Å². The van der Waals surface area contributed by atoms with E-state index < -0.39 is 6.04 Å². The third kappa shape index (κ3) is 5.13. The van der Waals surface area contributed by atoms with E-state index in [1.54, 1.807) is 55.0 Å². The van der Waals surface area contributed by atoms with Crippen molar-refractivity contribution >= 4 is 11.8 Å². The minimum Gasteiger partial charge on any atom is -0.350 e. The van der Waals surface area contributed by atoms with Crippen molar-refractivity contribution in [1.29, 1.82) is 0 Å². The van der Waals surface area contributed by atoms with Gasteiger partial charge >= 0.3 is 0 Å². The quantitative estimate of drug-likeness (QED) is 0.604. The van der Waals surface area contributed by atoms with Gasteiger partial charge in [0, 0.05) is 37.2 Å². The van der Waals surface area contributed by atoms with Gasteiger partial charge in [-0.3, -0.25) is 19.6 Å². The Bertz CT molecular complexity index is 946. The molecule has 0 aliphatic rings. The van der Waals surface area contributed by atoms with Crippen LogP contribution in [0.5, 0.6) is 0 Å². The van der Waals surface area contributed by atoms with Gasteiger partial charge in [0.05, 0.1) is 0 Å². The second kappa shape index (κ2) is 9.94. The maximum atomic E-state index is 13.2. The monoisotopic (exact) mass is 386 g/mol. The summed E-state index contributed by atoms with van der Waals surface area (Å²) in [5.74, 6) is -0.651. The van der Waals surface area contributed by atoms with Gasteiger partial charge in [-0.05, 0) is 23.8 Å². The van der Waals surface area contributed by atoms with Crippen molar-refractivity contribution in [2.45, 2.75) is 12.6 Å². The summed E-state index contributed by atoms with van der Waals surface area (Å²) in [5.41, 5.74) is 1.85. The number of carbonyl (C=O) groups is 2. The molecule has 0 aliphatic heterocycles. The molecule has 2 heterocycles. The molecule has 0 bridgehead atoms. The Kier molecular flexibility index (Phi) is 6.84. The summed E-state index contributed by atoms with van der Waals surface area (Å²) in [4.78, 5) is 36.0. The van der Waals surface area contributed by atoms with Crippen LogP contribution in [-0.4, -0.2) is 33.2 Å². The SMILES string of the molecule is C=CCN(C(=O)c1ccccn1)[C@@H](C(=O)NCc1ccccc1)c1cccnc1. The Morgan fingerprint density at radius 2 is 1.83 bits per heavy atom. The largest absolute Gasteiger partial charge is 0.350 e. The van der Waals surface area contributed by atoms with Crippen LogP contribution in [0.3, 0.4) is 0 Å². The molecule has 0 saturated carbocycles. The fourth-order valence-electron chi connectivity index (χ4n) is 2.97. The van der Waals surface area contributed by atoms with Crippen LogP contribution in [-0.2, 0) is 11.3 Å². The average molecular weight is 386 g/mol. The van der Waals surface area contributed by atoms with E-state index in [4.69, 9.17) is 0 Å². The molecule has 2 aromatic heterocycles. The molecular formula is C23H22N4O2. The highest BCUT2D eigenvalue weighted by atomic mass is 16.2. The molecule has 3 rings (SSSR count). The zero-order chi connectivity index (χ0) is 20.5. The molecule has 29 heavy (non-hydrogen) atoms. The first-order valence-corrected chi connectivity index (χ1v) is 9.25. The number of hydrogen-bond donors (Lipinski definition) is 1. The fraction of sp³-hybridized carbons (Fsp3) is 0.130. The molecular weight excluding hydrogens is 364 g/mol. The van der Waals surface area contributed by atoms with Gasteiger partial charge in [0.25, 0.3) is 5.91 Å². The highest BCUT2D eigenvalue weighted by Gasteiger charge is 2.31. The summed E-state index contributed by atoms with van der Waals surface area (Å²) in [7, 11) is 0. The van der Waals surface area contributed by atoms with E-state index in [9.17, 15) is 9.59 Å². The van der Waals surface area contributed by atoms with Crippen molar-refractivity contribution in [2.75, 3.05) is 6.54 Å². The number of hydrogen-bond acceptors (Lipinski definition) is 4. The molecule has 2 amide bonds. The minimum atomic E-state index is -0.861. The lowest BCUT2D eigenvalue weighted by atomic mass is 10.1. The summed E-state index contributed by atoms with van der Waals surface area (Å²) in [6.07, 6.45) is 6.36. The highest BCUT2D eigenvalue weighted by molar-refractivity contribution is 5.96. The Balaban J connectivity index is 1.91. The molecule has 0 saturated heterocycles. The van der Waals surface area contributed by atoms with Crippen molar-refractivity contribution in [2.24, 2.45) is 0 Å². The van der Waals surface area contributed by atoms with E-state index >= 15 is 0 Å². The summed E-state index contributed by atoms with van der Waals surface area (Å²) < 4.78 is 0. The minimum absolute atomic E-state index is 0.188. The molecule has 0 radical (unpaired) electrons. The number of nitrogens with zero attached hydrogens (tertiary/aromatic N) is 3. The van der Waals surface area contributed by atoms with Gasteiger partial charge in [-0.25, -0.2) is 0 Å². The fourth-order valence-corrected chi connectivity index (χ4v) is 2.97. The topological polar surface area (TPSA) is 75.2 Å². The van der Waals surface area contributed by atoms with Crippen LogP contribution in [0.25, 0.3) is 0 Å². The van der Waals surface area contributed by atoms with Crippen LogP contribution in [0.1, 0.15) is 27.7 Å². The van der Waals surface area contributed by atoms with Crippen LogP contribution in [0.15, 0.2) is 91.9 Å². The van der Waals surface area contributed by atoms with Gasteiger partial charge in [0.15, 0.2) is 0 Å². The van der Waals surface area contributed by atoms with Crippen LogP contribution < -0.4 is 5.32 Å². The summed E-state index contributed by atoms with van der Waals surface area (Å²) in [6.45, 7) is 4.29. The molecule has 146 valence electrons. The first-order chi connectivity index (χ1) is 14.2. The molecule has 6 nitrogen and oxygen atoms in total. The smallest absolute Gasteiger partial charge is 0.273 e. The molecule has 1 aromatic carbocycles. The molecule has 0 aliphatic carbocycles. The molecule has 1 atom stereocenters. The highest BCUT2D eigenvalue weighted by Crippen LogP contribution is 2.22. The Hall–Kier alpha value is -3.80. The van der Waals surface area contributed by atoms with Gasteiger partial charge in [-0.15, -0.1) is 6.58 Å². The molecule has 6 heteroatoms. The molecule has 1 N–H and O–H groups in total. The molecule has 0 unspecified atom stereocenters. The first-order valence-electron chi connectivity index (χ1n) is 9.25. The second-order valence-corrected chi connectivity index (χ2v) is 6.35. The van der Waals surface area contributed by atoms with Gasteiger partial charge in [0.2, 0.25) is 5.91 Å². The van der Waals surface area contributed by atoms with E-state index in [0.29, 0.717) is 12.1 Å². The average Bonchev–Trinajstić information content (AvgIpc) is 2.79. The Morgan fingerprint density at radius 3 is 2.48 bits per heavy atom. The zero-order valence-electron chi connectivity index (χ0n) is 15.9. The van der Waals surface area contributed by atoms with E-state index in [1.807, 2.05) is 30.3 Å². The molecule has 3 aromatic rings. The second-order valence-electron chi connectivity index (χ2n) is 6.35. The lowest BCUT2D eigenvalue weighted by Crippen LogP contribution is -2.44. The van der Waals surface area contributed by atoms with Gasteiger partial charge in [-0.1, -0.05) is 48.5 Å². The summed E-state index contributed by atoms with van der Waals surface area (Å²) in [6, 6.07) is 17.4. The lowest BCUT2D eigenvalue weighted by molar-refractivity contribution is -0.126. The Labute approximate surface area is 169 Å². The number of aromatic nitrogens is 2. The standard InChI is InChI=1S/C23H22N4O2/c1-2-15-27(23(29)20-12-6-7-14-25-20)21(19-11-8-13-24-17-19)22(28)26-16-18-9-4-3-5-10-18/h2-14,17,21H,1,15-16H2,(H,26,28)/t21-/m1/s1. The third-order valence-corrected chi connectivity index (χ3v) is 4.34. The zero-order valence-corrected chi connectivity index (χ0v) is 15.9. The van der Waals surface area contributed by atoms with Crippen molar-refractivity contribution in [3.8, 4) is 0 Å². The van der Waals surface area contributed by atoms with E-state index in [1.165, 1.54) is 4.90 Å². The van der Waals surface area contributed by atoms with Crippen molar-refractivity contribution in [3.05, 3.63) is 109 Å². The van der Waals surface area contributed by atoms with Crippen molar-refractivity contribution in [1.82, 2.24) is 20.2 Å². The maximum absolute atomic E-state index is 13.2. The van der Waals surface area contributed by atoms with Crippen molar-refractivity contribution in [3.63, 3.8) is 0 Å². The van der Waals surface area contributed by atoms with Crippen LogP contribution in [0.2, 0.25) is 0 Å². The number of benzene rings is 1. The van der Waals surface area contributed by atoms with E-state index in [-0.39, 0.29) is 24.1 Å². The normalized spacial score (nSPS) is 11.3. The first kappa shape index (κ1) is 19.9. The maximum Gasteiger partial charge on any atom is 0.273 e. The number of nitrogens with one attached hydrogen (secondary N) is 1. The predicted octanol–water partition coefficient (Wildman–Crippen LogP) is 3.16. The van der Waals surface area contributed by atoms with Crippen molar-refractivity contribution < 1.29 is 9.59 Å². The number of carbonyl (C=O) groups excluding carboxylic acids is 2. The number of rotatable bonds is 8. The predicted molar refractivity (Wildman–Crippen MR) is 111 cm³/mol. The van der Waals surface area contributed by atoms with Gasteiger partial charge in [0.1, 0.15) is 11.7 Å². The van der Waals surface area contributed by atoms with E-state index in [2.05, 4.69) is 21.9 Å². The number of amides is 2. The summed E-state index contributed by atoms with van der Waals surface area (Å²) in [5, 5.41) is 2.93. The third-order valence-electron chi connectivity index (χ3n) is 4.34. The lowest BCUT2D eigenvalue weighted by Gasteiger charge is -2.30. The number of pyridine rings is 2. The van der Waals surface area contributed by atoms with Gasteiger partial charge < -0.3 is 10.2 Å². The van der Waals surface area contributed by atoms with Crippen LogP contribution in [0, 0.1) is 0 Å². The summed E-state index contributed by atoms with van der Waals surface area (Å²) >= 11 is 0. The van der Waals surface area contributed by atoms with E-state index in [0.717, 1.165) is 5.56 Å².